The number of ether oxygens (including phenoxy) is 1. The van der Waals surface area contributed by atoms with Crippen LogP contribution in [0.5, 0.6) is 5.75 Å². The van der Waals surface area contributed by atoms with E-state index in [0.29, 0.717) is 28.1 Å². The number of nitrogens with zero attached hydrogens (tertiary/aromatic N) is 3. The summed E-state index contributed by atoms with van der Waals surface area (Å²) in [6.45, 7) is 0. The Morgan fingerprint density at radius 1 is 0.806 bits per heavy atom. The molecule has 0 saturated carbocycles. The normalized spacial score (nSPS) is 10.4. The summed E-state index contributed by atoms with van der Waals surface area (Å²) in [5, 5.41) is 9.82. The van der Waals surface area contributed by atoms with Gasteiger partial charge in [-0.1, -0.05) is 60.7 Å². The van der Waals surface area contributed by atoms with E-state index in [2.05, 4.69) is 11.1 Å². The van der Waals surface area contributed by atoms with E-state index in [-0.39, 0.29) is 16.9 Å². The first-order valence-corrected chi connectivity index (χ1v) is 11.2. The summed E-state index contributed by atoms with van der Waals surface area (Å²) >= 11 is 0. The second-order valence-corrected chi connectivity index (χ2v) is 7.89. The summed E-state index contributed by atoms with van der Waals surface area (Å²) in [5.41, 5.74) is 2.21. The Morgan fingerprint density at radius 2 is 1.47 bits per heavy atom. The zero-order valence-corrected chi connectivity index (χ0v) is 19.0. The molecule has 3 aromatic carbocycles. The molecule has 2 aromatic heterocycles. The Kier molecular flexibility index (Phi) is 6.20. The Morgan fingerprint density at radius 3 is 2.17 bits per heavy atom. The van der Waals surface area contributed by atoms with Gasteiger partial charge < -0.3 is 4.74 Å². The number of esters is 1. The third-order valence-corrected chi connectivity index (χ3v) is 5.66. The fourth-order valence-electron chi connectivity index (χ4n) is 3.95. The molecular weight excluding hydrogens is 450 g/mol. The maximum absolute atomic E-state index is 14.0. The molecule has 0 unspecified atom stereocenters. The molecule has 2 heterocycles. The molecule has 36 heavy (non-hydrogen) atoms. The van der Waals surface area contributed by atoms with Gasteiger partial charge in [0.05, 0.1) is 34.0 Å². The van der Waals surface area contributed by atoms with Crippen LogP contribution in [0.3, 0.4) is 0 Å². The van der Waals surface area contributed by atoms with Gasteiger partial charge in [-0.2, -0.15) is 5.26 Å². The Balaban J connectivity index is 1.86. The maximum atomic E-state index is 14.0. The smallest absolute Gasteiger partial charge is 0.343 e. The summed E-state index contributed by atoms with van der Waals surface area (Å²) in [6, 6.07) is 31.9. The molecule has 5 aromatic rings. The molecule has 0 bridgehead atoms. The third kappa shape index (κ3) is 4.29. The van der Waals surface area contributed by atoms with Crippen LogP contribution in [-0.2, 0) is 0 Å². The number of carbonyl (C=O) groups excluding carboxylic acids is 1. The highest BCUT2D eigenvalue weighted by atomic mass is 16.5. The lowest BCUT2D eigenvalue weighted by Crippen LogP contribution is -2.23. The van der Waals surface area contributed by atoms with Crippen LogP contribution >= 0.6 is 0 Å². The van der Waals surface area contributed by atoms with Gasteiger partial charge in [0.1, 0.15) is 0 Å². The van der Waals surface area contributed by atoms with E-state index in [1.807, 2.05) is 24.3 Å². The molecule has 0 N–H and O–H groups in total. The lowest BCUT2D eigenvalue weighted by molar-refractivity contribution is 0.0736. The summed E-state index contributed by atoms with van der Waals surface area (Å²) in [7, 11) is 0. The first-order valence-electron chi connectivity index (χ1n) is 11.2. The lowest BCUT2D eigenvalue weighted by Gasteiger charge is -2.18. The number of benzene rings is 3. The average molecular weight is 470 g/mol. The van der Waals surface area contributed by atoms with E-state index in [1.54, 1.807) is 91.3 Å². The standard InChI is InChI=1S/C30H19N3O3/c31-19-22-13-7-8-16-24(22)27-28(36-30(35)21-11-3-1-4-12-21)25(26-17-9-10-18-32-26)20-33(29(27)34)23-14-5-2-6-15-23/h1-18,20H. The van der Waals surface area contributed by atoms with Crippen LogP contribution in [0.1, 0.15) is 15.9 Å². The minimum Gasteiger partial charge on any atom is -0.421 e. The van der Waals surface area contributed by atoms with Crippen LogP contribution in [-0.4, -0.2) is 15.5 Å². The largest absolute Gasteiger partial charge is 0.421 e. The molecule has 0 saturated heterocycles. The number of nitriles is 1. The highest BCUT2D eigenvalue weighted by molar-refractivity contribution is 5.94. The van der Waals surface area contributed by atoms with Crippen molar-refractivity contribution in [3.63, 3.8) is 0 Å². The van der Waals surface area contributed by atoms with E-state index < -0.39 is 11.5 Å². The Hall–Kier alpha value is -5.28. The van der Waals surface area contributed by atoms with Crippen molar-refractivity contribution in [2.24, 2.45) is 0 Å². The number of para-hydroxylation sites is 1. The summed E-state index contributed by atoms with van der Waals surface area (Å²) < 4.78 is 7.42. The molecule has 0 amide bonds. The van der Waals surface area contributed by atoms with Gasteiger partial charge in [-0.3, -0.25) is 14.3 Å². The summed E-state index contributed by atoms with van der Waals surface area (Å²) in [5.74, 6) is -0.581. The second kappa shape index (κ2) is 9.92. The lowest BCUT2D eigenvalue weighted by atomic mass is 9.97. The van der Waals surface area contributed by atoms with Crippen molar-refractivity contribution >= 4 is 5.97 Å². The number of hydrogen-bond donors (Lipinski definition) is 0. The molecule has 0 fully saturated rings. The van der Waals surface area contributed by atoms with E-state index in [4.69, 9.17) is 4.74 Å². The van der Waals surface area contributed by atoms with Crippen molar-refractivity contribution in [3.8, 4) is 39.9 Å². The number of aromatic nitrogens is 2. The van der Waals surface area contributed by atoms with Crippen LogP contribution in [0.2, 0.25) is 0 Å². The number of carbonyl (C=O) groups is 1. The van der Waals surface area contributed by atoms with E-state index >= 15 is 0 Å². The van der Waals surface area contributed by atoms with Gasteiger partial charge in [0.15, 0.2) is 5.75 Å². The zero-order chi connectivity index (χ0) is 24.9. The van der Waals surface area contributed by atoms with Crippen molar-refractivity contribution in [3.05, 3.63) is 137 Å². The molecule has 172 valence electrons. The van der Waals surface area contributed by atoms with Gasteiger partial charge >= 0.3 is 5.97 Å². The molecule has 6 heteroatoms. The van der Waals surface area contributed by atoms with Crippen LogP contribution in [0.4, 0.5) is 0 Å². The predicted octanol–water partition coefficient (Wildman–Crippen LogP) is 5.66. The van der Waals surface area contributed by atoms with Crippen molar-refractivity contribution < 1.29 is 9.53 Å². The van der Waals surface area contributed by atoms with Gasteiger partial charge in [-0.15, -0.1) is 0 Å². The topological polar surface area (TPSA) is 85.0 Å². The maximum Gasteiger partial charge on any atom is 0.343 e. The van der Waals surface area contributed by atoms with E-state index in [9.17, 15) is 14.9 Å². The number of rotatable bonds is 5. The predicted molar refractivity (Wildman–Crippen MR) is 137 cm³/mol. The molecule has 6 nitrogen and oxygen atoms in total. The first-order chi connectivity index (χ1) is 17.7. The van der Waals surface area contributed by atoms with Gasteiger partial charge in [-0.25, -0.2) is 4.79 Å². The Labute approximate surface area is 207 Å². The molecule has 0 aliphatic rings. The Bertz CT molecular complexity index is 1640. The van der Waals surface area contributed by atoms with Gasteiger partial charge in [0.25, 0.3) is 5.56 Å². The van der Waals surface area contributed by atoms with E-state index in [1.165, 1.54) is 4.57 Å². The molecule has 0 aliphatic heterocycles. The minimum absolute atomic E-state index is 0.0439. The summed E-state index contributed by atoms with van der Waals surface area (Å²) in [6.07, 6.45) is 3.24. The molecule has 0 radical (unpaired) electrons. The van der Waals surface area contributed by atoms with Crippen LogP contribution in [0.25, 0.3) is 28.1 Å². The van der Waals surface area contributed by atoms with Crippen molar-refractivity contribution in [1.82, 2.24) is 9.55 Å². The summed E-state index contributed by atoms with van der Waals surface area (Å²) in [4.78, 5) is 31.6. The van der Waals surface area contributed by atoms with Crippen LogP contribution in [0, 0.1) is 11.3 Å². The fraction of sp³-hybridized carbons (Fsp3) is 0. The van der Waals surface area contributed by atoms with Gasteiger partial charge in [-0.05, 0) is 42.5 Å². The number of hydrogen-bond acceptors (Lipinski definition) is 5. The molecule has 0 aliphatic carbocycles. The zero-order valence-electron chi connectivity index (χ0n) is 19.0. The third-order valence-electron chi connectivity index (χ3n) is 5.66. The van der Waals surface area contributed by atoms with Crippen molar-refractivity contribution in [2.75, 3.05) is 0 Å². The highest BCUT2D eigenvalue weighted by Gasteiger charge is 2.25. The van der Waals surface area contributed by atoms with Gasteiger partial charge in [0.2, 0.25) is 0 Å². The van der Waals surface area contributed by atoms with Gasteiger partial charge in [0, 0.05) is 23.6 Å². The first kappa shape index (κ1) is 22.5. The SMILES string of the molecule is N#Cc1ccccc1-c1c(OC(=O)c2ccccc2)c(-c2ccccn2)cn(-c2ccccc2)c1=O. The number of pyridine rings is 2. The molecule has 0 spiro atoms. The molecule has 0 atom stereocenters. The fourth-order valence-corrected chi connectivity index (χ4v) is 3.95. The van der Waals surface area contributed by atoms with E-state index in [0.717, 1.165) is 0 Å². The van der Waals surface area contributed by atoms with Crippen molar-refractivity contribution in [1.29, 1.82) is 5.26 Å². The van der Waals surface area contributed by atoms with Crippen molar-refractivity contribution in [2.45, 2.75) is 0 Å². The van der Waals surface area contributed by atoms with Crippen LogP contribution < -0.4 is 10.3 Å². The quantitative estimate of drug-likeness (QED) is 0.310. The monoisotopic (exact) mass is 469 g/mol. The molecule has 5 rings (SSSR count). The average Bonchev–Trinajstić information content (AvgIpc) is 2.95. The minimum atomic E-state index is -0.625. The highest BCUT2D eigenvalue weighted by Crippen LogP contribution is 2.38. The van der Waals surface area contributed by atoms with Crippen LogP contribution in [0.15, 0.2) is 120 Å². The molecular formula is C30H19N3O3. The second-order valence-electron chi connectivity index (χ2n) is 7.89.